The fraction of sp³-hybridized carbons (Fsp3) is 0.0870. The molecule has 5 rings (SSSR count). The Morgan fingerprint density at radius 2 is 1.94 bits per heavy atom. The van der Waals surface area contributed by atoms with Crippen molar-refractivity contribution in [3.05, 3.63) is 83.5 Å². The van der Waals surface area contributed by atoms with E-state index >= 15 is 4.39 Å². The number of rotatable bonds is 5. The molecule has 5 aromatic rings. The van der Waals surface area contributed by atoms with Crippen molar-refractivity contribution in [2.45, 2.75) is 6.92 Å². The molecule has 166 valence electrons. The molecule has 0 spiro atoms. The topological polar surface area (TPSA) is 69.3 Å². The lowest BCUT2D eigenvalue weighted by Crippen LogP contribution is -2.02. The summed E-state index contributed by atoms with van der Waals surface area (Å²) >= 11 is 6.24. The van der Waals surface area contributed by atoms with Gasteiger partial charge in [-0.25, -0.2) is 18.3 Å². The summed E-state index contributed by atoms with van der Waals surface area (Å²) in [6.45, 7) is 1.82. The molecule has 1 N–H and O–H groups in total. The second kappa shape index (κ2) is 8.18. The van der Waals surface area contributed by atoms with Gasteiger partial charge in [-0.05, 0) is 43.3 Å². The van der Waals surface area contributed by atoms with Gasteiger partial charge in [-0.1, -0.05) is 11.6 Å². The van der Waals surface area contributed by atoms with E-state index in [1.54, 1.807) is 39.7 Å². The molecule has 3 aromatic heterocycles. The minimum atomic E-state index is -0.503. The van der Waals surface area contributed by atoms with Crippen LogP contribution < -0.4 is 10.1 Å². The summed E-state index contributed by atoms with van der Waals surface area (Å²) in [5.74, 6) is -0.368. The maximum Gasteiger partial charge on any atom is 0.247 e. The quantitative estimate of drug-likeness (QED) is 0.366. The lowest BCUT2D eigenvalue weighted by molar-refractivity contribution is 0.409. The van der Waals surface area contributed by atoms with Crippen LogP contribution in [0.3, 0.4) is 0 Å². The molecule has 0 aliphatic carbocycles. The smallest absolute Gasteiger partial charge is 0.247 e. The molecule has 10 heteroatoms. The zero-order chi connectivity index (χ0) is 23.1. The number of imidazole rings is 1. The second-order valence-electron chi connectivity index (χ2n) is 7.31. The summed E-state index contributed by atoms with van der Waals surface area (Å²) in [6.07, 6.45) is 4.95. The molecule has 0 unspecified atom stereocenters. The van der Waals surface area contributed by atoms with E-state index in [9.17, 15) is 4.39 Å². The van der Waals surface area contributed by atoms with Crippen LogP contribution in [0.4, 0.5) is 20.4 Å². The van der Waals surface area contributed by atoms with Gasteiger partial charge >= 0.3 is 0 Å². The first kappa shape index (κ1) is 20.9. The van der Waals surface area contributed by atoms with Gasteiger partial charge in [-0.3, -0.25) is 0 Å². The molecular weight excluding hydrogens is 450 g/mol. The van der Waals surface area contributed by atoms with E-state index in [1.165, 1.54) is 31.6 Å². The molecule has 7 nitrogen and oxygen atoms in total. The number of ether oxygens (including phenoxy) is 1. The normalized spacial score (nSPS) is 11.2. The number of aryl methyl sites for hydroxylation is 1. The van der Waals surface area contributed by atoms with E-state index in [0.29, 0.717) is 28.2 Å². The van der Waals surface area contributed by atoms with Crippen LogP contribution in [-0.2, 0) is 0 Å². The Bertz CT molecular complexity index is 1500. The SMILES string of the molecule is COc1cc(Nc2nc3c(-c4ccc(F)cc4Cl)cccn3n2)cc(F)c1-n1cnc(C)c1. The fourth-order valence-corrected chi connectivity index (χ4v) is 3.87. The minimum absolute atomic E-state index is 0.244. The number of halogens is 3. The molecular formula is C23H17ClF2N6O. The predicted octanol–water partition coefficient (Wildman–Crippen LogP) is 5.57. The Morgan fingerprint density at radius 3 is 2.67 bits per heavy atom. The highest BCUT2D eigenvalue weighted by molar-refractivity contribution is 6.33. The number of nitrogens with one attached hydrogen (secondary N) is 1. The van der Waals surface area contributed by atoms with Gasteiger partial charge in [0.05, 0.1) is 24.2 Å². The molecule has 0 saturated carbocycles. The van der Waals surface area contributed by atoms with Crippen molar-refractivity contribution >= 4 is 28.9 Å². The molecule has 0 radical (unpaired) electrons. The lowest BCUT2D eigenvalue weighted by atomic mass is 10.1. The maximum absolute atomic E-state index is 15.0. The Balaban J connectivity index is 1.53. The number of hydrogen-bond acceptors (Lipinski definition) is 5. The molecule has 0 amide bonds. The second-order valence-corrected chi connectivity index (χ2v) is 7.71. The zero-order valence-corrected chi connectivity index (χ0v) is 18.3. The van der Waals surface area contributed by atoms with Gasteiger partial charge in [-0.2, -0.15) is 4.98 Å². The van der Waals surface area contributed by atoms with Crippen LogP contribution in [0.2, 0.25) is 5.02 Å². The van der Waals surface area contributed by atoms with Crippen molar-refractivity contribution in [1.82, 2.24) is 24.1 Å². The van der Waals surface area contributed by atoms with Gasteiger partial charge < -0.3 is 14.6 Å². The Morgan fingerprint density at radius 1 is 1.09 bits per heavy atom. The summed E-state index contributed by atoms with van der Waals surface area (Å²) in [5, 5.41) is 7.69. The van der Waals surface area contributed by atoms with E-state index < -0.39 is 11.6 Å². The van der Waals surface area contributed by atoms with Crippen molar-refractivity contribution in [3.63, 3.8) is 0 Å². The average Bonchev–Trinajstić information content (AvgIpc) is 3.38. The van der Waals surface area contributed by atoms with E-state index in [4.69, 9.17) is 16.3 Å². The van der Waals surface area contributed by atoms with E-state index in [2.05, 4.69) is 20.4 Å². The highest BCUT2D eigenvalue weighted by atomic mass is 35.5. The van der Waals surface area contributed by atoms with Crippen molar-refractivity contribution in [2.24, 2.45) is 0 Å². The van der Waals surface area contributed by atoms with Crippen LogP contribution in [0.5, 0.6) is 5.75 Å². The zero-order valence-electron chi connectivity index (χ0n) is 17.6. The van der Waals surface area contributed by atoms with Gasteiger partial charge in [0, 0.05) is 35.3 Å². The maximum atomic E-state index is 15.0. The third kappa shape index (κ3) is 3.87. The van der Waals surface area contributed by atoms with Gasteiger partial charge in [-0.15, -0.1) is 5.10 Å². The summed E-state index contributed by atoms with van der Waals surface area (Å²) in [5.41, 5.74) is 3.21. The number of aromatic nitrogens is 5. The van der Waals surface area contributed by atoms with Gasteiger partial charge in [0.2, 0.25) is 5.95 Å². The van der Waals surface area contributed by atoms with Gasteiger partial charge in [0.15, 0.2) is 11.5 Å². The Labute approximate surface area is 192 Å². The van der Waals surface area contributed by atoms with Crippen LogP contribution >= 0.6 is 11.6 Å². The third-order valence-corrected chi connectivity index (χ3v) is 5.37. The first-order chi connectivity index (χ1) is 15.9. The molecule has 0 fully saturated rings. The van der Waals surface area contributed by atoms with Crippen LogP contribution in [0.15, 0.2) is 61.2 Å². The monoisotopic (exact) mass is 466 g/mol. The molecule has 2 aromatic carbocycles. The molecule has 0 bridgehead atoms. The van der Waals surface area contributed by atoms with Crippen LogP contribution in [0.1, 0.15) is 5.69 Å². The molecule has 0 aliphatic heterocycles. The summed E-state index contributed by atoms with van der Waals surface area (Å²) < 4.78 is 37.0. The number of methoxy groups -OCH3 is 1. The number of hydrogen-bond donors (Lipinski definition) is 1. The predicted molar refractivity (Wildman–Crippen MR) is 121 cm³/mol. The largest absolute Gasteiger partial charge is 0.494 e. The number of fused-ring (bicyclic) bond motifs is 1. The standard InChI is InChI=1S/C23H17ClF2N6O/c1-13-11-31(12-27-13)21-19(26)9-15(10-20(21)33-2)28-23-29-22-17(4-3-7-32(22)30-23)16-6-5-14(25)8-18(16)24/h3-12H,1-2H3,(H,28,30). The number of benzene rings is 2. The molecule has 0 aliphatic rings. The molecule has 33 heavy (non-hydrogen) atoms. The third-order valence-electron chi connectivity index (χ3n) is 5.06. The van der Waals surface area contributed by atoms with Gasteiger partial charge in [0.25, 0.3) is 0 Å². The van der Waals surface area contributed by atoms with Crippen LogP contribution in [-0.4, -0.2) is 31.3 Å². The molecule has 3 heterocycles. The number of nitrogens with zero attached hydrogens (tertiary/aromatic N) is 5. The van der Waals surface area contributed by atoms with Crippen molar-refractivity contribution in [2.75, 3.05) is 12.4 Å². The highest BCUT2D eigenvalue weighted by Crippen LogP contribution is 2.33. The number of pyridine rings is 1. The summed E-state index contributed by atoms with van der Waals surface area (Å²) in [6, 6.07) is 10.7. The van der Waals surface area contributed by atoms with Gasteiger partial charge in [0.1, 0.15) is 17.3 Å². The summed E-state index contributed by atoms with van der Waals surface area (Å²) in [7, 11) is 1.47. The van der Waals surface area contributed by atoms with E-state index in [0.717, 1.165) is 5.69 Å². The average molecular weight is 467 g/mol. The first-order valence-electron chi connectivity index (χ1n) is 9.89. The Hall–Kier alpha value is -3.98. The van der Waals surface area contributed by atoms with E-state index in [-0.39, 0.29) is 16.7 Å². The Kier molecular flexibility index (Phi) is 5.18. The minimum Gasteiger partial charge on any atom is -0.494 e. The van der Waals surface area contributed by atoms with Crippen LogP contribution in [0, 0.1) is 18.6 Å². The number of anilines is 2. The highest BCUT2D eigenvalue weighted by Gasteiger charge is 2.17. The van der Waals surface area contributed by atoms with Crippen LogP contribution in [0.25, 0.3) is 22.5 Å². The van der Waals surface area contributed by atoms with E-state index in [1.807, 2.05) is 13.0 Å². The molecule has 0 saturated heterocycles. The first-order valence-corrected chi connectivity index (χ1v) is 10.3. The fourth-order valence-electron chi connectivity index (χ4n) is 3.60. The van der Waals surface area contributed by atoms with Crippen molar-refractivity contribution in [3.8, 4) is 22.6 Å². The molecule has 0 atom stereocenters. The van der Waals surface area contributed by atoms with Crippen molar-refractivity contribution in [1.29, 1.82) is 0 Å². The van der Waals surface area contributed by atoms with Crippen molar-refractivity contribution < 1.29 is 13.5 Å². The summed E-state index contributed by atoms with van der Waals surface area (Å²) in [4.78, 5) is 8.67. The lowest BCUT2D eigenvalue weighted by Gasteiger charge is -2.12.